The number of aromatic nitrogens is 1. The number of benzene rings is 2. The van der Waals surface area contributed by atoms with Crippen molar-refractivity contribution in [3.8, 4) is 5.75 Å². The smallest absolute Gasteiger partial charge is 0.306 e. The quantitative estimate of drug-likeness (QED) is 0.458. The van der Waals surface area contributed by atoms with E-state index in [0.717, 1.165) is 35.7 Å². The van der Waals surface area contributed by atoms with Gasteiger partial charge in [-0.1, -0.05) is 56.0 Å². The summed E-state index contributed by atoms with van der Waals surface area (Å²) in [6.07, 6.45) is 6.59. The van der Waals surface area contributed by atoms with Crippen LogP contribution in [-0.4, -0.2) is 52.5 Å². The van der Waals surface area contributed by atoms with E-state index in [1.807, 2.05) is 24.3 Å². The number of fused-ring (bicyclic) bond motifs is 1. The number of hydrazone groups is 1. The van der Waals surface area contributed by atoms with Crippen molar-refractivity contribution in [2.24, 2.45) is 11.0 Å². The van der Waals surface area contributed by atoms with Crippen molar-refractivity contribution in [2.75, 3.05) is 13.7 Å². The minimum absolute atomic E-state index is 0.312. The van der Waals surface area contributed by atoms with Gasteiger partial charge in [0.05, 0.1) is 7.11 Å². The summed E-state index contributed by atoms with van der Waals surface area (Å²) in [7, 11) is 1.58. The molecule has 188 valence electrons. The second-order valence-electron chi connectivity index (χ2n) is 9.48. The number of hydrogen-bond acceptors (Lipinski definition) is 6. The summed E-state index contributed by atoms with van der Waals surface area (Å²) in [4.78, 5) is 28.7. The first-order valence-corrected chi connectivity index (χ1v) is 12.5. The number of aliphatic hydroxyl groups is 1. The molecule has 0 radical (unpaired) electrons. The van der Waals surface area contributed by atoms with E-state index in [4.69, 9.17) is 9.47 Å². The monoisotopic (exact) mass is 489 g/mol. The molecular weight excluding hydrogens is 458 g/mol. The van der Waals surface area contributed by atoms with Crippen molar-refractivity contribution in [1.82, 2.24) is 9.99 Å². The SMILES string of the molecule is COc1ccc([C@H]2[C@@H](O)C(c3c[nH]c4ccccc34)=NN2C(=O)COC(=O)CCC2CCCC2)cc1. The lowest BCUT2D eigenvalue weighted by Gasteiger charge is -2.24. The first-order chi connectivity index (χ1) is 17.5. The second-order valence-corrected chi connectivity index (χ2v) is 9.48. The highest BCUT2D eigenvalue weighted by molar-refractivity contribution is 6.14. The summed E-state index contributed by atoms with van der Waals surface area (Å²) in [6.45, 7) is -0.423. The fraction of sp³-hybridized carbons (Fsp3) is 0.393. The normalized spacial score (nSPS) is 20.1. The maximum absolute atomic E-state index is 13.2. The highest BCUT2D eigenvalue weighted by Gasteiger charge is 2.42. The molecule has 1 aromatic heterocycles. The third-order valence-corrected chi connectivity index (χ3v) is 7.22. The van der Waals surface area contributed by atoms with Gasteiger partial charge in [0.2, 0.25) is 0 Å². The number of amides is 1. The van der Waals surface area contributed by atoms with E-state index in [2.05, 4.69) is 10.1 Å². The van der Waals surface area contributed by atoms with Gasteiger partial charge in [-0.05, 0) is 36.1 Å². The maximum atomic E-state index is 13.2. The number of esters is 1. The van der Waals surface area contributed by atoms with Gasteiger partial charge < -0.3 is 19.6 Å². The molecule has 3 aromatic rings. The molecule has 5 rings (SSSR count). The van der Waals surface area contributed by atoms with Crippen LogP contribution in [0, 0.1) is 5.92 Å². The van der Waals surface area contributed by atoms with Crippen LogP contribution in [-0.2, 0) is 14.3 Å². The molecule has 1 amide bonds. The summed E-state index contributed by atoms with van der Waals surface area (Å²) in [5, 5.41) is 18.1. The van der Waals surface area contributed by atoms with Crippen molar-refractivity contribution in [3.05, 3.63) is 65.9 Å². The third-order valence-electron chi connectivity index (χ3n) is 7.22. The van der Waals surface area contributed by atoms with Crippen LogP contribution in [0.1, 0.15) is 55.7 Å². The topological polar surface area (TPSA) is 104 Å². The third kappa shape index (κ3) is 4.86. The van der Waals surface area contributed by atoms with Crippen LogP contribution in [0.3, 0.4) is 0 Å². The highest BCUT2D eigenvalue weighted by atomic mass is 16.5. The molecule has 0 spiro atoms. The number of nitrogens with zero attached hydrogens (tertiary/aromatic N) is 2. The molecular formula is C28H31N3O5. The average molecular weight is 490 g/mol. The summed E-state index contributed by atoms with van der Waals surface area (Å²) in [6, 6.07) is 14.1. The largest absolute Gasteiger partial charge is 0.497 e. The lowest BCUT2D eigenvalue weighted by Crippen LogP contribution is -2.36. The van der Waals surface area contributed by atoms with Gasteiger partial charge in [0, 0.05) is 29.1 Å². The molecule has 36 heavy (non-hydrogen) atoms. The molecule has 8 nitrogen and oxygen atoms in total. The van der Waals surface area contributed by atoms with Gasteiger partial charge in [-0.15, -0.1) is 0 Å². The summed E-state index contributed by atoms with van der Waals surface area (Å²) in [5.41, 5.74) is 2.71. The van der Waals surface area contributed by atoms with Crippen molar-refractivity contribution in [2.45, 2.75) is 50.7 Å². The van der Waals surface area contributed by atoms with Crippen LogP contribution >= 0.6 is 0 Å². The zero-order valence-corrected chi connectivity index (χ0v) is 20.4. The summed E-state index contributed by atoms with van der Waals surface area (Å²) < 4.78 is 10.6. The first-order valence-electron chi connectivity index (χ1n) is 12.5. The van der Waals surface area contributed by atoms with Gasteiger partial charge >= 0.3 is 5.97 Å². The predicted molar refractivity (Wildman–Crippen MR) is 136 cm³/mol. The van der Waals surface area contributed by atoms with Crippen LogP contribution in [0.5, 0.6) is 5.75 Å². The van der Waals surface area contributed by atoms with Crippen molar-refractivity contribution in [3.63, 3.8) is 0 Å². The number of para-hydroxylation sites is 1. The van der Waals surface area contributed by atoms with E-state index in [9.17, 15) is 14.7 Å². The Morgan fingerprint density at radius 3 is 2.61 bits per heavy atom. The molecule has 1 saturated carbocycles. The number of carbonyl (C=O) groups is 2. The molecule has 2 N–H and O–H groups in total. The molecule has 2 atom stereocenters. The Hall–Kier alpha value is -3.65. The molecule has 2 heterocycles. The van der Waals surface area contributed by atoms with E-state index in [1.165, 1.54) is 17.9 Å². The van der Waals surface area contributed by atoms with Gasteiger partial charge in [-0.2, -0.15) is 5.10 Å². The highest BCUT2D eigenvalue weighted by Crippen LogP contribution is 2.36. The van der Waals surface area contributed by atoms with E-state index in [-0.39, 0.29) is 5.97 Å². The summed E-state index contributed by atoms with van der Waals surface area (Å²) in [5.74, 6) is 0.374. The molecule has 8 heteroatoms. The van der Waals surface area contributed by atoms with Crippen molar-refractivity contribution >= 4 is 28.5 Å². The van der Waals surface area contributed by atoms with Crippen LogP contribution in [0.15, 0.2) is 59.8 Å². The Balaban J connectivity index is 1.36. The van der Waals surface area contributed by atoms with Crippen LogP contribution in [0.25, 0.3) is 10.9 Å². The van der Waals surface area contributed by atoms with Gasteiger partial charge in [0.1, 0.15) is 23.6 Å². The van der Waals surface area contributed by atoms with Gasteiger partial charge in [0.15, 0.2) is 6.61 Å². The number of rotatable bonds is 8. The van der Waals surface area contributed by atoms with E-state index in [1.54, 1.807) is 37.6 Å². The number of H-pyrrole nitrogens is 1. The van der Waals surface area contributed by atoms with Gasteiger partial charge in [0.25, 0.3) is 5.91 Å². The van der Waals surface area contributed by atoms with Crippen molar-refractivity contribution < 1.29 is 24.2 Å². The lowest BCUT2D eigenvalue weighted by atomic mass is 9.95. The molecule has 1 aliphatic carbocycles. The lowest BCUT2D eigenvalue weighted by molar-refractivity contribution is -0.153. The Bertz CT molecular complexity index is 1260. The molecule has 2 aliphatic rings. The summed E-state index contributed by atoms with van der Waals surface area (Å²) >= 11 is 0. The molecule has 0 saturated heterocycles. The standard InChI is InChI=1S/C28H31N3O5/c1-35-20-13-11-19(12-14-20)27-28(34)26(22-16-29-23-9-5-4-8-21(22)23)30-31(27)24(32)17-36-25(33)15-10-18-6-2-3-7-18/h4-5,8-9,11-14,16,18,27-29,34H,2-3,6-7,10,15,17H2,1H3/t27-,28-/m0/s1. The number of aliphatic hydroxyl groups excluding tert-OH is 1. The fourth-order valence-electron chi connectivity index (χ4n) is 5.25. The number of ether oxygens (including phenoxy) is 2. The Kier molecular flexibility index (Phi) is 7.04. The zero-order chi connectivity index (χ0) is 25.1. The van der Waals surface area contributed by atoms with Crippen LogP contribution in [0.4, 0.5) is 0 Å². The number of hydrogen-bond donors (Lipinski definition) is 2. The van der Waals surface area contributed by atoms with Crippen molar-refractivity contribution in [1.29, 1.82) is 0 Å². The first kappa shape index (κ1) is 24.1. The van der Waals surface area contributed by atoms with E-state index >= 15 is 0 Å². The van der Waals surface area contributed by atoms with Gasteiger partial charge in [-0.25, -0.2) is 5.01 Å². The number of methoxy groups -OCH3 is 1. The van der Waals surface area contributed by atoms with E-state index < -0.39 is 24.7 Å². The molecule has 2 aromatic carbocycles. The molecule has 1 fully saturated rings. The second kappa shape index (κ2) is 10.5. The molecule has 0 unspecified atom stereocenters. The molecule has 0 bridgehead atoms. The van der Waals surface area contributed by atoms with Gasteiger partial charge in [-0.3, -0.25) is 9.59 Å². The molecule has 1 aliphatic heterocycles. The minimum atomic E-state index is -1.07. The predicted octanol–water partition coefficient (Wildman–Crippen LogP) is 4.34. The van der Waals surface area contributed by atoms with Crippen LogP contribution < -0.4 is 4.74 Å². The number of carbonyl (C=O) groups excluding carboxylic acids is 2. The Labute approximate surface area is 209 Å². The number of aromatic amines is 1. The van der Waals surface area contributed by atoms with Crippen LogP contribution in [0.2, 0.25) is 0 Å². The Morgan fingerprint density at radius 2 is 1.86 bits per heavy atom. The minimum Gasteiger partial charge on any atom is -0.497 e. The fourth-order valence-corrected chi connectivity index (χ4v) is 5.25. The van der Waals surface area contributed by atoms with E-state index in [0.29, 0.717) is 29.4 Å². The average Bonchev–Trinajstić information content (AvgIpc) is 3.65. The maximum Gasteiger partial charge on any atom is 0.306 e. The number of nitrogens with one attached hydrogen (secondary N) is 1. The Morgan fingerprint density at radius 1 is 1.11 bits per heavy atom. The zero-order valence-electron chi connectivity index (χ0n) is 20.4.